The molecule has 1 aliphatic carbocycles. The molecule has 1 aliphatic heterocycles. The molecule has 1 heterocycles. The Labute approximate surface area is 126 Å². The van der Waals surface area contributed by atoms with Crippen LogP contribution in [0.3, 0.4) is 0 Å². The lowest BCUT2D eigenvalue weighted by Crippen LogP contribution is -2.35. The predicted molar refractivity (Wildman–Crippen MR) is 82.6 cm³/mol. The first-order chi connectivity index (χ1) is 10.2. The van der Waals surface area contributed by atoms with Crippen LogP contribution in [0.25, 0.3) is 0 Å². The second kappa shape index (κ2) is 6.06. The van der Waals surface area contributed by atoms with Gasteiger partial charge in [0, 0.05) is 18.2 Å². The number of carbonyl (C=O) groups is 1. The number of nitrogens with one attached hydrogen (secondary N) is 1. The van der Waals surface area contributed by atoms with Gasteiger partial charge in [0.05, 0.1) is 7.11 Å². The molecule has 3 rings (SSSR count). The number of benzene rings is 1. The average Bonchev–Trinajstić information content (AvgIpc) is 2.88. The molecule has 0 radical (unpaired) electrons. The number of hydrogen-bond acceptors (Lipinski definition) is 3. The van der Waals surface area contributed by atoms with Gasteiger partial charge in [-0.15, -0.1) is 0 Å². The Bertz CT molecular complexity index is 517. The second-order valence-electron chi connectivity index (χ2n) is 6.44. The first-order valence-corrected chi connectivity index (χ1v) is 7.79. The van der Waals surface area contributed by atoms with E-state index >= 15 is 0 Å². The molecule has 1 aromatic rings. The fourth-order valence-corrected chi connectivity index (χ4v) is 3.82. The lowest BCUT2D eigenvalue weighted by Gasteiger charge is -2.31. The second-order valence-corrected chi connectivity index (χ2v) is 6.44. The molecule has 21 heavy (non-hydrogen) atoms. The maximum Gasteiger partial charge on any atom is 0.251 e. The first-order valence-electron chi connectivity index (χ1n) is 7.79. The molecule has 3 atom stereocenters. The van der Waals surface area contributed by atoms with Crippen LogP contribution >= 0.6 is 0 Å². The van der Waals surface area contributed by atoms with Crippen LogP contribution in [0, 0.1) is 11.8 Å². The first kappa shape index (κ1) is 14.4. The summed E-state index contributed by atoms with van der Waals surface area (Å²) in [7, 11) is 3.81. The summed E-state index contributed by atoms with van der Waals surface area (Å²) in [5, 5.41) is 3.20. The van der Waals surface area contributed by atoms with E-state index in [0.29, 0.717) is 11.6 Å². The third kappa shape index (κ3) is 3.21. The smallest absolute Gasteiger partial charge is 0.251 e. The van der Waals surface area contributed by atoms with E-state index in [1.807, 2.05) is 18.2 Å². The third-order valence-electron chi connectivity index (χ3n) is 4.94. The number of rotatable bonds is 3. The minimum Gasteiger partial charge on any atom is -0.497 e. The number of ether oxygens (including phenoxy) is 1. The van der Waals surface area contributed by atoms with Gasteiger partial charge in [-0.2, -0.15) is 0 Å². The fourth-order valence-electron chi connectivity index (χ4n) is 3.82. The minimum atomic E-state index is 0.0194. The number of nitrogens with zero attached hydrogens (tertiary/aromatic N) is 1. The van der Waals surface area contributed by atoms with Crippen molar-refractivity contribution in [3.8, 4) is 5.75 Å². The van der Waals surface area contributed by atoms with E-state index in [4.69, 9.17) is 4.74 Å². The summed E-state index contributed by atoms with van der Waals surface area (Å²) in [6.07, 6.45) is 3.52. The van der Waals surface area contributed by atoms with Gasteiger partial charge in [-0.05, 0) is 62.9 Å². The van der Waals surface area contributed by atoms with Crippen molar-refractivity contribution in [2.45, 2.75) is 25.3 Å². The van der Waals surface area contributed by atoms with E-state index in [1.165, 1.54) is 19.5 Å². The standard InChI is InChI=1S/C17H24N2O2/c1-19-7-6-12-8-15(9-14(12)11-19)18-17(20)13-4-3-5-16(10-13)21-2/h3-5,10,12,14-15H,6-9,11H2,1-2H3,(H,18,20)/t12-,14-,15+/m1/s1. The normalized spacial score (nSPS) is 29.0. The highest BCUT2D eigenvalue weighted by atomic mass is 16.5. The van der Waals surface area contributed by atoms with E-state index in [1.54, 1.807) is 13.2 Å². The Morgan fingerprint density at radius 1 is 1.33 bits per heavy atom. The summed E-state index contributed by atoms with van der Waals surface area (Å²) in [6, 6.07) is 7.68. The Balaban J connectivity index is 1.60. The number of hydrogen-bond donors (Lipinski definition) is 1. The summed E-state index contributed by atoms with van der Waals surface area (Å²) in [4.78, 5) is 14.8. The minimum absolute atomic E-state index is 0.0194. The maximum absolute atomic E-state index is 12.4. The average molecular weight is 288 g/mol. The van der Waals surface area contributed by atoms with Gasteiger partial charge < -0.3 is 15.0 Å². The van der Waals surface area contributed by atoms with Crippen molar-refractivity contribution < 1.29 is 9.53 Å². The van der Waals surface area contributed by atoms with Crippen LogP contribution < -0.4 is 10.1 Å². The van der Waals surface area contributed by atoms with Gasteiger partial charge in [0.25, 0.3) is 5.91 Å². The van der Waals surface area contributed by atoms with Crippen molar-refractivity contribution in [3.05, 3.63) is 29.8 Å². The molecule has 4 nitrogen and oxygen atoms in total. The van der Waals surface area contributed by atoms with Crippen molar-refractivity contribution in [1.29, 1.82) is 0 Å². The van der Waals surface area contributed by atoms with Crippen molar-refractivity contribution in [2.75, 3.05) is 27.2 Å². The molecule has 4 heteroatoms. The molecule has 0 bridgehead atoms. The van der Waals surface area contributed by atoms with Gasteiger partial charge in [-0.3, -0.25) is 4.79 Å². The van der Waals surface area contributed by atoms with Gasteiger partial charge in [-0.1, -0.05) is 6.07 Å². The maximum atomic E-state index is 12.4. The third-order valence-corrected chi connectivity index (χ3v) is 4.94. The number of carbonyl (C=O) groups excluding carboxylic acids is 1. The summed E-state index contributed by atoms with van der Waals surface area (Å²) in [6.45, 7) is 2.37. The molecule has 114 valence electrons. The van der Waals surface area contributed by atoms with Gasteiger partial charge in [0.15, 0.2) is 0 Å². The Kier molecular flexibility index (Phi) is 4.15. The zero-order valence-electron chi connectivity index (χ0n) is 12.8. The van der Waals surface area contributed by atoms with Gasteiger partial charge in [0.2, 0.25) is 0 Å². The molecule has 0 aromatic heterocycles. The number of fused-ring (bicyclic) bond motifs is 1. The highest BCUT2D eigenvalue weighted by Gasteiger charge is 2.37. The zero-order valence-corrected chi connectivity index (χ0v) is 12.8. The molecule has 1 saturated carbocycles. The van der Waals surface area contributed by atoms with Crippen molar-refractivity contribution >= 4 is 5.91 Å². The number of likely N-dealkylation sites (tertiary alicyclic amines) is 1. The van der Waals surface area contributed by atoms with Gasteiger partial charge >= 0.3 is 0 Å². The van der Waals surface area contributed by atoms with Crippen LogP contribution in [0.15, 0.2) is 24.3 Å². The van der Waals surface area contributed by atoms with E-state index in [9.17, 15) is 4.79 Å². The lowest BCUT2D eigenvalue weighted by molar-refractivity contribution is 0.0936. The topological polar surface area (TPSA) is 41.6 Å². The highest BCUT2D eigenvalue weighted by molar-refractivity contribution is 5.94. The van der Waals surface area contributed by atoms with Crippen LogP contribution in [0.4, 0.5) is 0 Å². The molecular formula is C17H24N2O2. The summed E-state index contributed by atoms with van der Waals surface area (Å²) >= 11 is 0. The Morgan fingerprint density at radius 2 is 2.14 bits per heavy atom. The van der Waals surface area contributed by atoms with Crippen LogP contribution in [0.5, 0.6) is 5.75 Å². The van der Waals surface area contributed by atoms with Gasteiger partial charge in [-0.25, -0.2) is 0 Å². The van der Waals surface area contributed by atoms with E-state index in [2.05, 4.69) is 17.3 Å². The predicted octanol–water partition coefficient (Wildman–Crippen LogP) is 2.16. The molecule has 1 aromatic carbocycles. The SMILES string of the molecule is COc1cccc(C(=O)N[C@H]2C[C@H]3CCN(C)C[C@H]3C2)c1. The molecule has 0 spiro atoms. The Morgan fingerprint density at radius 3 is 2.95 bits per heavy atom. The molecule has 1 saturated heterocycles. The van der Waals surface area contributed by atoms with E-state index < -0.39 is 0 Å². The molecule has 0 unspecified atom stereocenters. The number of piperidine rings is 1. The molecule has 1 amide bonds. The van der Waals surface area contributed by atoms with Crippen molar-refractivity contribution in [1.82, 2.24) is 10.2 Å². The quantitative estimate of drug-likeness (QED) is 0.926. The van der Waals surface area contributed by atoms with E-state index in [-0.39, 0.29) is 5.91 Å². The zero-order chi connectivity index (χ0) is 14.8. The number of methoxy groups -OCH3 is 1. The highest BCUT2D eigenvalue weighted by Crippen LogP contribution is 2.37. The fraction of sp³-hybridized carbons (Fsp3) is 0.588. The van der Waals surface area contributed by atoms with Gasteiger partial charge in [0.1, 0.15) is 5.75 Å². The molecule has 1 N–H and O–H groups in total. The number of amides is 1. The molecular weight excluding hydrogens is 264 g/mol. The largest absolute Gasteiger partial charge is 0.497 e. The summed E-state index contributed by atoms with van der Waals surface area (Å²) in [5.41, 5.74) is 0.682. The van der Waals surface area contributed by atoms with Crippen LogP contribution in [-0.4, -0.2) is 44.1 Å². The monoisotopic (exact) mass is 288 g/mol. The molecule has 2 fully saturated rings. The molecule has 2 aliphatic rings. The van der Waals surface area contributed by atoms with Crippen molar-refractivity contribution in [3.63, 3.8) is 0 Å². The van der Waals surface area contributed by atoms with E-state index in [0.717, 1.165) is 30.4 Å². The van der Waals surface area contributed by atoms with Crippen LogP contribution in [0.1, 0.15) is 29.6 Å². The van der Waals surface area contributed by atoms with Crippen molar-refractivity contribution in [2.24, 2.45) is 11.8 Å². The Hall–Kier alpha value is -1.55. The summed E-state index contributed by atoms with van der Waals surface area (Å²) < 4.78 is 5.18. The van der Waals surface area contributed by atoms with Crippen LogP contribution in [0.2, 0.25) is 0 Å². The lowest BCUT2D eigenvalue weighted by atomic mass is 9.89. The van der Waals surface area contributed by atoms with Crippen LogP contribution in [-0.2, 0) is 0 Å². The summed E-state index contributed by atoms with van der Waals surface area (Å²) in [5.74, 6) is 2.28.